The van der Waals surface area contributed by atoms with E-state index in [-0.39, 0.29) is 12.1 Å². The molecule has 5 rings (SSSR count). The summed E-state index contributed by atoms with van der Waals surface area (Å²) in [6.45, 7) is 4.02. The van der Waals surface area contributed by atoms with Gasteiger partial charge in [0.15, 0.2) is 0 Å². The molecule has 9 nitrogen and oxygen atoms in total. The fraction of sp³-hybridized carbons (Fsp3) is 0.591. The van der Waals surface area contributed by atoms with Crippen LogP contribution in [-0.2, 0) is 29.0 Å². The van der Waals surface area contributed by atoms with Gasteiger partial charge in [-0.15, -0.1) is 11.3 Å². The first-order valence-electron chi connectivity index (χ1n) is 11.2. The Balaban J connectivity index is 1.33. The lowest BCUT2D eigenvalue weighted by Gasteiger charge is -2.33. The van der Waals surface area contributed by atoms with Crippen molar-refractivity contribution in [2.45, 2.75) is 70.9 Å². The predicted molar refractivity (Wildman–Crippen MR) is 119 cm³/mol. The zero-order valence-corrected chi connectivity index (χ0v) is 19.1. The van der Waals surface area contributed by atoms with Gasteiger partial charge in [0.25, 0.3) is 17.4 Å². The van der Waals surface area contributed by atoms with E-state index in [1.165, 1.54) is 15.8 Å². The molecule has 3 heterocycles. The number of rotatable bonds is 3. The van der Waals surface area contributed by atoms with Crippen molar-refractivity contribution in [3.63, 3.8) is 0 Å². The number of carbonyl (C=O) groups is 3. The van der Waals surface area contributed by atoms with Crippen LogP contribution in [0.3, 0.4) is 0 Å². The summed E-state index contributed by atoms with van der Waals surface area (Å²) in [6, 6.07) is -0.625. The average Bonchev–Trinajstić information content (AvgIpc) is 3.23. The third kappa shape index (κ3) is 3.41. The highest BCUT2D eigenvalue weighted by Crippen LogP contribution is 2.36. The van der Waals surface area contributed by atoms with Crippen LogP contribution >= 0.6 is 11.3 Å². The molecule has 32 heavy (non-hydrogen) atoms. The van der Waals surface area contributed by atoms with Crippen molar-refractivity contribution in [3.8, 4) is 0 Å². The first-order valence-corrected chi connectivity index (χ1v) is 12.0. The topological polar surface area (TPSA) is 113 Å². The Bertz CT molecular complexity index is 1180. The summed E-state index contributed by atoms with van der Waals surface area (Å²) >= 11 is 1.55. The Labute approximate surface area is 189 Å². The van der Waals surface area contributed by atoms with Crippen molar-refractivity contribution in [1.29, 1.82) is 0 Å². The minimum absolute atomic E-state index is 0.257. The van der Waals surface area contributed by atoms with Gasteiger partial charge in [-0.25, -0.2) is 9.78 Å². The number of urea groups is 1. The highest BCUT2D eigenvalue weighted by Gasteiger charge is 2.52. The molecule has 10 heteroatoms. The Morgan fingerprint density at radius 3 is 2.72 bits per heavy atom. The molecule has 0 bridgehead atoms. The average molecular weight is 458 g/mol. The highest BCUT2D eigenvalue weighted by molar-refractivity contribution is 7.18. The van der Waals surface area contributed by atoms with Gasteiger partial charge < -0.3 is 5.32 Å². The smallest absolute Gasteiger partial charge is 0.322 e. The van der Waals surface area contributed by atoms with Crippen LogP contribution in [0.25, 0.3) is 10.2 Å². The lowest BCUT2D eigenvalue weighted by Crippen LogP contribution is -2.52. The molecule has 2 aromatic heterocycles. The zero-order valence-electron chi connectivity index (χ0n) is 18.3. The van der Waals surface area contributed by atoms with Crippen molar-refractivity contribution < 1.29 is 14.4 Å². The van der Waals surface area contributed by atoms with Crippen molar-refractivity contribution in [2.24, 2.45) is 11.8 Å². The third-order valence-electron chi connectivity index (χ3n) is 7.12. The Hall–Kier alpha value is -2.75. The van der Waals surface area contributed by atoms with Crippen LogP contribution in [0, 0.1) is 11.8 Å². The van der Waals surface area contributed by atoms with E-state index in [1.54, 1.807) is 11.3 Å². The number of amides is 4. The van der Waals surface area contributed by atoms with Crippen molar-refractivity contribution in [3.05, 3.63) is 27.1 Å². The third-order valence-corrected chi connectivity index (χ3v) is 8.28. The second-order valence-corrected chi connectivity index (χ2v) is 10.7. The molecule has 2 aliphatic carbocycles. The van der Waals surface area contributed by atoms with Gasteiger partial charge in [-0.1, -0.05) is 13.8 Å². The number of hydrazine groups is 1. The molecule has 3 aliphatic rings. The minimum atomic E-state index is -0.930. The molecule has 0 radical (unpaired) electrons. The lowest BCUT2D eigenvalue weighted by atomic mass is 9.77. The molecule has 2 aromatic rings. The maximum Gasteiger partial charge on any atom is 0.344 e. The van der Waals surface area contributed by atoms with Gasteiger partial charge in [-0.05, 0) is 62.3 Å². The second kappa shape index (κ2) is 7.68. The van der Waals surface area contributed by atoms with Crippen LogP contribution in [-0.4, -0.2) is 37.9 Å². The normalized spacial score (nSPS) is 27.6. The van der Waals surface area contributed by atoms with Crippen LogP contribution in [0.1, 0.15) is 56.4 Å². The number of hydrogen-bond acceptors (Lipinski definition) is 6. The summed E-state index contributed by atoms with van der Waals surface area (Å²) in [4.78, 5) is 57.4. The number of carbonyl (C=O) groups excluding carboxylic acids is 3. The van der Waals surface area contributed by atoms with E-state index in [1.807, 2.05) is 0 Å². The van der Waals surface area contributed by atoms with Crippen LogP contribution < -0.4 is 16.3 Å². The number of nitrogens with zero attached hydrogens (tertiary/aromatic N) is 3. The Morgan fingerprint density at radius 2 is 1.97 bits per heavy atom. The van der Waals surface area contributed by atoms with Crippen LogP contribution in [0.4, 0.5) is 4.79 Å². The van der Waals surface area contributed by atoms with Crippen molar-refractivity contribution in [1.82, 2.24) is 25.3 Å². The monoisotopic (exact) mass is 457 g/mol. The maximum atomic E-state index is 13.1. The van der Waals surface area contributed by atoms with Gasteiger partial charge in [0.1, 0.15) is 16.9 Å². The molecule has 4 amide bonds. The van der Waals surface area contributed by atoms with Crippen LogP contribution in [0.5, 0.6) is 0 Å². The van der Waals surface area contributed by atoms with Gasteiger partial charge in [0, 0.05) is 4.88 Å². The first-order chi connectivity index (χ1) is 15.3. The largest absolute Gasteiger partial charge is 0.344 e. The number of imide groups is 1. The van der Waals surface area contributed by atoms with Crippen molar-refractivity contribution in [2.75, 3.05) is 0 Å². The molecule has 0 aromatic carbocycles. The second-order valence-electron chi connectivity index (χ2n) is 9.58. The molecule has 1 atom stereocenters. The molecule has 2 fully saturated rings. The molecule has 1 saturated heterocycles. The SMILES string of the molecule is CC1CCC2(CC1)NC(=O)N(NC(=O)Cn1cnc3sc4c(c3c1=O)CCC(C)C4)C2=O. The number of fused-ring (bicyclic) bond motifs is 3. The summed E-state index contributed by atoms with van der Waals surface area (Å²) < 4.78 is 1.25. The van der Waals surface area contributed by atoms with Gasteiger partial charge in [-0.2, -0.15) is 5.01 Å². The molecular formula is C22H27N5O4S. The number of aromatic nitrogens is 2. The van der Waals surface area contributed by atoms with E-state index in [4.69, 9.17) is 0 Å². The molecule has 1 saturated carbocycles. The van der Waals surface area contributed by atoms with E-state index < -0.39 is 23.4 Å². The van der Waals surface area contributed by atoms with Gasteiger partial charge >= 0.3 is 6.03 Å². The number of nitrogens with one attached hydrogen (secondary N) is 2. The summed E-state index contributed by atoms with van der Waals surface area (Å²) in [5, 5.41) is 4.13. The van der Waals surface area contributed by atoms with E-state index in [0.29, 0.717) is 34.9 Å². The minimum Gasteiger partial charge on any atom is -0.322 e. The van der Waals surface area contributed by atoms with Gasteiger partial charge in [0.05, 0.1) is 11.7 Å². The van der Waals surface area contributed by atoms with Gasteiger partial charge in [-0.3, -0.25) is 24.4 Å². The Morgan fingerprint density at radius 1 is 1.22 bits per heavy atom. The molecule has 1 unspecified atom stereocenters. The summed E-state index contributed by atoms with van der Waals surface area (Å²) in [7, 11) is 0. The summed E-state index contributed by atoms with van der Waals surface area (Å²) in [5.74, 6) is 0.0538. The van der Waals surface area contributed by atoms with Crippen LogP contribution in [0.15, 0.2) is 11.1 Å². The number of aryl methyl sites for hydroxylation is 1. The number of thiophene rings is 1. The fourth-order valence-electron chi connectivity index (χ4n) is 5.11. The Kier molecular flexibility index (Phi) is 5.07. The van der Waals surface area contributed by atoms with E-state index in [9.17, 15) is 19.2 Å². The fourth-order valence-corrected chi connectivity index (χ4v) is 6.45. The first kappa shape index (κ1) is 21.1. The lowest BCUT2D eigenvalue weighted by molar-refractivity contribution is -0.140. The highest BCUT2D eigenvalue weighted by atomic mass is 32.1. The summed E-state index contributed by atoms with van der Waals surface area (Å²) in [5.41, 5.74) is 2.26. The number of hydrogen-bond donors (Lipinski definition) is 2. The molecule has 1 aliphatic heterocycles. The molecule has 2 N–H and O–H groups in total. The van der Waals surface area contributed by atoms with Gasteiger partial charge in [0.2, 0.25) is 0 Å². The van der Waals surface area contributed by atoms with E-state index in [2.05, 4.69) is 29.6 Å². The molecular weight excluding hydrogens is 430 g/mol. The maximum absolute atomic E-state index is 13.1. The predicted octanol–water partition coefficient (Wildman–Crippen LogP) is 2.11. The quantitative estimate of drug-likeness (QED) is 0.686. The zero-order chi connectivity index (χ0) is 22.6. The summed E-state index contributed by atoms with van der Waals surface area (Å²) in [6.07, 6.45) is 7.00. The molecule has 1 spiro atoms. The standard InChI is InChI=1S/C22H27N5O4S/c1-12-5-7-22(8-6-12)20(30)27(21(31)24-22)25-16(28)10-26-11-23-18-17(19(26)29)14-4-3-13(2)9-15(14)32-18/h11-13H,3-10H2,1-2H3,(H,24,31)(H,25,28). The van der Waals surface area contributed by atoms with E-state index >= 15 is 0 Å². The van der Waals surface area contributed by atoms with E-state index in [0.717, 1.165) is 42.7 Å². The molecule has 170 valence electrons. The van der Waals surface area contributed by atoms with Crippen LogP contribution in [0.2, 0.25) is 0 Å². The van der Waals surface area contributed by atoms with Crippen molar-refractivity contribution >= 4 is 39.4 Å².